The van der Waals surface area contributed by atoms with Gasteiger partial charge in [-0.15, -0.1) is 0 Å². The van der Waals surface area contributed by atoms with E-state index >= 15 is 0 Å². The monoisotopic (exact) mass is 466 g/mol. The number of amides is 1. The van der Waals surface area contributed by atoms with Crippen LogP contribution in [0.2, 0.25) is 0 Å². The first-order chi connectivity index (χ1) is 15.8. The van der Waals surface area contributed by atoms with Crippen LogP contribution in [-0.2, 0) is 10.0 Å². The van der Waals surface area contributed by atoms with Gasteiger partial charge in [0.15, 0.2) is 11.5 Å². The van der Waals surface area contributed by atoms with Gasteiger partial charge in [-0.2, -0.15) is 0 Å². The number of carbonyl (C=O) groups is 1. The number of anilines is 1. The molecule has 1 aliphatic rings. The van der Waals surface area contributed by atoms with Gasteiger partial charge in [-0.1, -0.05) is 35.9 Å². The number of nitrogens with zero attached hydrogens (tertiary/aromatic N) is 1. The third-order valence-corrected chi connectivity index (χ3v) is 7.37. The highest BCUT2D eigenvalue weighted by Crippen LogP contribution is 2.33. The molecule has 1 aliphatic heterocycles. The lowest BCUT2D eigenvalue weighted by atomic mass is 10.1. The normalized spacial score (nSPS) is 13.8. The van der Waals surface area contributed by atoms with E-state index < -0.39 is 10.0 Å². The van der Waals surface area contributed by atoms with Gasteiger partial charge in [0.1, 0.15) is 13.2 Å². The molecule has 4 rings (SSSR count). The Bertz CT molecular complexity index is 1270. The third kappa shape index (κ3) is 4.66. The van der Waals surface area contributed by atoms with Crippen LogP contribution in [0, 0.1) is 6.92 Å². The lowest BCUT2D eigenvalue weighted by Crippen LogP contribution is -2.32. The molecule has 0 aromatic heterocycles. The zero-order valence-electron chi connectivity index (χ0n) is 18.7. The number of fused-ring (bicyclic) bond motifs is 1. The molecule has 33 heavy (non-hydrogen) atoms. The number of sulfonamides is 1. The number of hydrogen-bond donors (Lipinski definition) is 1. The van der Waals surface area contributed by atoms with Gasteiger partial charge in [0.25, 0.3) is 15.9 Å². The SMILES string of the molecule is Cc1ccc(S(=O)(=O)N(C)c2ccccc2C(=O)NC(C)c2ccc3c(c2)OCCO3)cc1. The van der Waals surface area contributed by atoms with Gasteiger partial charge < -0.3 is 14.8 Å². The van der Waals surface area contributed by atoms with Crippen LogP contribution in [-0.4, -0.2) is 34.6 Å². The molecule has 7 nitrogen and oxygen atoms in total. The Balaban J connectivity index is 1.58. The molecule has 0 saturated carbocycles. The molecule has 3 aromatic carbocycles. The highest BCUT2D eigenvalue weighted by Gasteiger charge is 2.26. The Morgan fingerprint density at radius 2 is 1.64 bits per heavy atom. The van der Waals surface area contributed by atoms with Crippen molar-refractivity contribution in [2.24, 2.45) is 0 Å². The zero-order chi connectivity index (χ0) is 23.6. The molecule has 172 valence electrons. The molecule has 1 heterocycles. The van der Waals surface area contributed by atoms with Crippen LogP contribution in [0.15, 0.2) is 71.6 Å². The molecule has 1 unspecified atom stereocenters. The van der Waals surface area contributed by atoms with Gasteiger partial charge in [-0.25, -0.2) is 8.42 Å². The second kappa shape index (κ2) is 9.15. The Hall–Kier alpha value is -3.52. The second-order valence-corrected chi connectivity index (χ2v) is 9.87. The van der Waals surface area contributed by atoms with E-state index in [9.17, 15) is 13.2 Å². The van der Waals surface area contributed by atoms with Crippen molar-refractivity contribution in [3.8, 4) is 11.5 Å². The van der Waals surface area contributed by atoms with Crippen LogP contribution in [0.25, 0.3) is 0 Å². The van der Waals surface area contributed by atoms with Gasteiger partial charge in [0.2, 0.25) is 0 Å². The summed E-state index contributed by atoms with van der Waals surface area (Å²) in [6.45, 7) is 4.74. The van der Waals surface area contributed by atoms with Gasteiger partial charge in [0, 0.05) is 7.05 Å². The van der Waals surface area contributed by atoms with Gasteiger partial charge in [0.05, 0.1) is 22.2 Å². The maximum absolute atomic E-state index is 13.2. The van der Waals surface area contributed by atoms with Crippen molar-refractivity contribution < 1.29 is 22.7 Å². The fourth-order valence-electron chi connectivity index (χ4n) is 3.63. The quantitative estimate of drug-likeness (QED) is 0.592. The summed E-state index contributed by atoms with van der Waals surface area (Å²) >= 11 is 0. The largest absolute Gasteiger partial charge is 0.486 e. The maximum atomic E-state index is 13.2. The molecule has 8 heteroatoms. The van der Waals surface area contributed by atoms with Crippen molar-refractivity contribution in [3.05, 3.63) is 83.4 Å². The van der Waals surface area contributed by atoms with Crippen LogP contribution in [0.5, 0.6) is 11.5 Å². The number of nitrogens with one attached hydrogen (secondary N) is 1. The summed E-state index contributed by atoms with van der Waals surface area (Å²) < 4.78 is 38.7. The summed E-state index contributed by atoms with van der Waals surface area (Å²) in [5.74, 6) is 0.944. The number of carbonyl (C=O) groups excluding carboxylic acids is 1. The summed E-state index contributed by atoms with van der Waals surface area (Å²) in [5.41, 5.74) is 2.38. The fourth-order valence-corrected chi connectivity index (χ4v) is 4.84. The Labute approximate surface area is 194 Å². The maximum Gasteiger partial charge on any atom is 0.264 e. The molecular formula is C25H26N2O5S. The van der Waals surface area contributed by atoms with Crippen molar-refractivity contribution in [1.82, 2.24) is 5.32 Å². The number of benzene rings is 3. The van der Waals surface area contributed by atoms with Gasteiger partial charge >= 0.3 is 0 Å². The molecule has 0 fully saturated rings. The van der Waals surface area contributed by atoms with E-state index in [0.717, 1.165) is 15.4 Å². The predicted molar refractivity (Wildman–Crippen MR) is 127 cm³/mol. The summed E-state index contributed by atoms with van der Waals surface area (Å²) in [6.07, 6.45) is 0. The summed E-state index contributed by atoms with van der Waals surface area (Å²) in [7, 11) is -2.38. The minimum atomic E-state index is -3.83. The highest BCUT2D eigenvalue weighted by atomic mass is 32.2. The fraction of sp³-hybridized carbons (Fsp3) is 0.240. The van der Waals surface area contributed by atoms with Crippen molar-refractivity contribution in [2.45, 2.75) is 24.8 Å². The van der Waals surface area contributed by atoms with E-state index in [-0.39, 0.29) is 22.4 Å². The molecule has 0 bridgehead atoms. The zero-order valence-corrected chi connectivity index (χ0v) is 19.6. The highest BCUT2D eigenvalue weighted by molar-refractivity contribution is 7.92. The molecule has 1 amide bonds. The van der Waals surface area contributed by atoms with Crippen molar-refractivity contribution in [2.75, 3.05) is 24.6 Å². The standard InChI is InChI=1S/C25H26N2O5S/c1-17-8-11-20(12-9-17)33(29,30)27(3)22-7-5-4-6-21(22)25(28)26-18(2)19-10-13-23-24(16-19)32-15-14-31-23/h4-13,16,18H,14-15H2,1-3H3,(H,26,28). The van der Waals surface area contributed by atoms with E-state index in [0.29, 0.717) is 30.4 Å². The first kappa shape index (κ1) is 22.7. The summed E-state index contributed by atoms with van der Waals surface area (Å²) in [4.78, 5) is 13.3. The topological polar surface area (TPSA) is 84.9 Å². The molecule has 0 aliphatic carbocycles. The number of ether oxygens (including phenoxy) is 2. The van der Waals surface area contributed by atoms with Crippen molar-refractivity contribution >= 4 is 21.6 Å². The predicted octanol–water partition coefficient (Wildman–Crippen LogP) is 4.08. The average molecular weight is 467 g/mol. The summed E-state index contributed by atoms with van der Waals surface area (Å²) in [5, 5.41) is 2.96. The molecular weight excluding hydrogens is 440 g/mol. The van der Waals surface area contributed by atoms with E-state index in [1.165, 1.54) is 7.05 Å². The van der Waals surface area contributed by atoms with E-state index in [2.05, 4.69) is 5.32 Å². The van der Waals surface area contributed by atoms with Crippen LogP contribution in [0.3, 0.4) is 0 Å². The first-order valence-corrected chi connectivity index (χ1v) is 12.1. The molecule has 1 atom stereocenters. The van der Waals surface area contributed by atoms with Crippen LogP contribution < -0.4 is 19.1 Å². The van der Waals surface area contributed by atoms with Gasteiger partial charge in [-0.3, -0.25) is 9.10 Å². The lowest BCUT2D eigenvalue weighted by Gasteiger charge is -2.24. The number of aryl methyl sites for hydroxylation is 1. The van der Waals surface area contributed by atoms with E-state index in [1.807, 2.05) is 32.0 Å². The van der Waals surface area contributed by atoms with E-state index in [1.54, 1.807) is 48.5 Å². The minimum Gasteiger partial charge on any atom is -0.486 e. The van der Waals surface area contributed by atoms with Crippen molar-refractivity contribution in [3.63, 3.8) is 0 Å². The van der Waals surface area contributed by atoms with Crippen LogP contribution >= 0.6 is 0 Å². The average Bonchev–Trinajstić information content (AvgIpc) is 2.83. The molecule has 1 N–H and O–H groups in total. The molecule has 0 radical (unpaired) electrons. The van der Waals surface area contributed by atoms with Crippen molar-refractivity contribution in [1.29, 1.82) is 0 Å². The lowest BCUT2D eigenvalue weighted by molar-refractivity contribution is 0.0940. The van der Waals surface area contributed by atoms with Crippen LogP contribution in [0.4, 0.5) is 5.69 Å². The second-order valence-electron chi connectivity index (χ2n) is 7.90. The Kier molecular flexibility index (Phi) is 6.29. The third-order valence-electron chi connectivity index (χ3n) is 5.58. The number of para-hydroxylation sites is 1. The summed E-state index contributed by atoms with van der Waals surface area (Å²) in [6, 6.07) is 18.5. The number of hydrogen-bond acceptors (Lipinski definition) is 5. The van der Waals surface area contributed by atoms with Gasteiger partial charge in [-0.05, 0) is 55.8 Å². The Morgan fingerprint density at radius 3 is 2.36 bits per heavy atom. The minimum absolute atomic E-state index is 0.162. The smallest absolute Gasteiger partial charge is 0.264 e. The first-order valence-electron chi connectivity index (χ1n) is 10.6. The molecule has 0 saturated heterocycles. The number of rotatable bonds is 6. The Morgan fingerprint density at radius 1 is 0.970 bits per heavy atom. The van der Waals surface area contributed by atoms with E-state index in [4.69, 9.17) is 9.47 Å². The molecule has 3 aromatic rings. The van der Waals surface area contributed by atoms with Crippen LogP contribution in [0.1, 0.15) is 34.5 Å². The molecule has 0 spiro atoms.